The van der Waals surface area contributed by atoms with Gasteiger partial charge in [0, 0.05) is 6.20 Å². The van der Waals surface area contributed by atoms with Crippen molar-refractivity contribution < 1.29 is 9.90 Å². The van der Waals surface area contributed by atoms with Crippen molar-refractivity contribution in [2.24, 2.45) is 5.73 Å². The van der Waals surface area contributed by atoms with Crippen LogP contribution in [0.5, 0.6) is 0 Å². The summed E-state index contributed by atoms with van der Waals surface area (Å²) >= 11 is 0. The Kier molecular flexibility index (Phi) is 2.26. The third-order valence-electron chi connectivity index (χ3n) is 1.76. The van der Waals surface area contributed by atoms with Crippen molar-refractivity contribution in [3.63, 3.8) is 0 Å². The summed E-state index contributed by atoms with van der Waals surface area (Å²) in [7, 11) is 0. The van der Waals surface area contributed by atoms with Crippen molar-refractivity contribution in [2.75, 3.05) is 5.73 Å². The molecule has 0 spiro atoms. The SMILES string of the molecule is C[C@](N)(C(=O)O)n1ccc(N)nc1=O. The summed E-state index contributed by atoms with van der Waals surface area (Å²) in [4.78, 5) is 25.3. The number of carboxylic acid groups (broad SMARTS) is 1. The van der Waals surface area contributed by atoms with Gasteiger partial charge in [0.2, 0.25) is 0 Å². The molecule has 0 bridgehead atoms. The van der Waals surface area contributed by atoms with Crippen molar-refractivity contribution in [1.82, 2.24) is 9.55 Å². The number of nitrogen functional groups attached to an aromatic ring is 1. The number of hydrogen-bond acceptors (Lipinski definition) is 5. The lowest BCUT2D eigenvalue weighted by atomic mass is 10.2. The topological polar surface area (TPSA) is 124 Å². The van der Waals surface area contributed by atoms with Crippen molar-refractivity contribution in [1.29, 1.82) is 0 Å². The van der Waals surface area contributed by atoms with E-state index in [0.717, 1.165) is 4.57 Å². The van der Waals surface area contributed by atoms with E-state index in [1.54, 1.807) is 0 Å². The maximum absolute atomic E-state index is 11.2. The van der Waals surface area contributed by atoms with Gasteiger partial charge in [0.05, 0.1) is 0 Å². The minimum Gasteiger partial charge on any atom is -0.478 e. The van der Waals surface area contributed by atoms with Crippen molar-refractivity contribution in [3.05, 3.63) is 22.7 Å². The Balaban J connectivity index is 3.34. The highest BCUT2D eigenvalue weighted by Crippen LogP contribution is 2.05. The first-order valence-electron chi connectivity index (χ1n) is 3.73. The first-order valence-corrected chi connectivity index (χ1v) is 3.73. The van der Waals surface area contributed by atoms with Crippen LogP contribution in [0.1, 0.15) is 6.92 Å². The minimum absolute atomic E-state index is 0.0208. The first-order chi connectivity index (χ1) is 6.35. The Morgan fingerprint density at radius 1 is 1.71 bits per heavy atom. The number of aliphatic carboxylic acids is 1. The Hall–Kier alpha value is -1.89. The predicted molar refractivity (Wildman–Crippen MR) is 48.4 cm³/mol. The first kappa shape index (κ1) is 10.2. The Morgan fingerprint density at radius 3 is 2.71 bits per heavy atom. The molecule has 1 aromatic rings. The predicted octanol–water partition coefficient (Wildman–Crippen LogP) is -1.46. The van der Waals surface area contributed by atoms with Crippen LogP contribution in [0.2, 0.25) is 0 Å². The monoisotopic (exact) mass is 198 g/mol. The van der Waals surface area contributed by atoms with Gasteiger partial charge in [-0.15, -0.1) is 0 Å². The summed E-state index contributed by atoms with van der Waals surface area (Å²) in [5.74, 6) is -1.31. The molecule has 7 heteroatoms. The Morgan fingerprint density at radius 2 is 2.29 bits per heavy atom. The van der Waals surface area contributed by atoms with Crippen LogP contribution in [0.3, 0.4) is 0 Å². The summed E-state index contributed by atoms with van der Waals surface area (Å²) in [6.07, 6.45) is 1.19. The molecule has 1 heterocycles. The van der Waals surface area contributed by atoms with Gasteiger partial charge in [0.25, 0.3) is 0 Å². The van der Waals surface area contributed by atoms with Crippen LogP contribution in [0.15, 0.2) is 17.1 Å². The number of hydrogen-bond donors (Lipinski definition) is 3. The van der Waals surface area contributed by atoms with Gasteiger partial charge in [-0.05, 0) is 13.0 Å². The molecule has 1 rings (SSSR count). The van der Waals surface area contributed by atoms with Crippen LogP contribution in [0, 0.1) is 0 Å². The van der Waals surface area contributed by atoms with E-state index in [-0.39, 0.29) is 5.82 Å². The van der Waals surface area contributed by atoms with E-state index < -0.39 is 17.3 Å². The zero-order valence-corrected chi connectivity index (χ0v) is 7.47. The second-order valence-electron chi connectivity index (χ2n) is 2.96. The Bertz CT molecular complexity index is 423. The molecule has 0 radical (unpaired) electrons. The number of rotatable bonds is 2. The summed E-state index contributed by atoms with van der Waals surface area (Å²) in [5, 5.41) is 8.74. The number of nitrogens with zero attached hydrogens (tertiary/aromatic N) is 2. The number of anilines is 1. The molecule has 1 atom stereocenters. The zero-order valence-electron chi connectivity index (χ0n) is 7.47. The van der Waals surface area contributed by atoms with Gasteiger partial charge < -0.3 is 10.8 Å². The maximum atomic E-state index is 11.2. The number of carboxylic acids is 1. The molecule has 7 nitrogen and oxygen atoms in total. The molecular formula is C7H10N4O3. The summed E-state index contributed by atoms with van der Waals surface area (Å²) in [6, 6.07) is 1.30. The van der Waals surface area contributed by atoms with Crippen LogP contribution in [0.25, 0.3) is 0 Å². The molecule has 0 fully saturated rings. The molecule has 0 aliphatic carbocycles. The largest absolute Gasteiger partial charge is 0.478 e. The van der Waals surface area contributed by atoms with Crippen LogP contribution in [-0.4, -0.2) is 20.6 Å². The molecule has 76 valence electrons. The lowest BCUT2D eigenvalue weighted by Crippen LogP contribution is -2.52. The van der Waals surface area contributed by atoms with Crippen molar-refractivity contribution in [2.45, 2.75) is 12.6 Å². The highest BCUT2D eigenvalue weighted by atomic mass is 16.4. The molecule has 5 N–H and O–H groups in total. The summed E-state index contributed by atoms with van der Waals surface area (Å²) in [6.45, 7) is 1.19. The molecule has 0 amide bonds. The minimum atomic E-state index is -1.82. The van der Waals surface area contributed by atoms with E-state index in [2.05, 4.69) is 4.98 Å². The van der Waals surface area contributed by atoms with E-state index in [9.17, 15) is 9.59 Å². The average Bonchev–Trinajstić information content (AvgIpc) is 2.02. The molecule has 0 aromatic carbocycles. The van der Waals surface area contributed by atoms with Crippen molar-refractivity contribution >= 4 is 11.8 Å². The molecule has 14 heavy (non-hydrogen) atoms. The quantitative estimate of drug-likeness (QED) is 0.533. The third kappa shape index (κ3) is 1.57. The highest BCUT2D eigenvalue weighted by molar-refractivity contribution is 5.75. The molecule has 0 aliphatic rings. The second kappa shape index (κ2) is 3.11. The smallest absolute Gasteiger partial charge is 0.351 e. The fraction of sp³-hybridized carbons (Fsp3) is 0.286. The van der Waals surface area contributed by atoms with Crippen LogP contribution < -0.4 is 17.2 Å². The van der Waals surface area contributed by atoms with Gasteiger partial charge in [-0.1, -0.05) is 0 Å². The summed E-state index contributed by atoms with van der Waals surface area (Å²) < 4.78 is 0.797. The Labute approximate surface area is 79.0 Å². The number of nitrogens with two attached hydrogens (primary N) is 2. The van der Waals surface area contributed by atoms with Crippen LogP contribution in [-0.2, 0) is 10.5 Å². The lowest BCUT2D eigenvalue weighted by Gasteiger charge is -2.21. The molecule has 0 saturated heterocycles. The normalized spacial score (nSPS) is 14.7. The van der Waals surface area contributed by atoms with Gasteiger partial charge >= 0.3 is 11.7 Å². The molecule has 0 saturated carbocycles. The fourth-order valence-electron chi connectivity index (χ4n) is 0.873. The van der Waals surface area contributed by atoms with Gasteiger partial charge in [-0.2, -0.15) is 4.98 Å². The van der Waals surface area contributed by atoms with E-state index in [4.69, 9.17) is 16.6 Å². The lowest BCUT2D eigenvalue weighted by molar-refractivity contribution is -0.146. The number of aromatic nitrogens is 2. The van der Waals surface area contributed by atoms with Gasteiger partial charge in [-0.25, -0.2) is 9.59 Å². The van der Waals surface area contributed by atoms with Gasteiger partial charge in [0.15, 0.2) is 5.66 Å². The molecule has 1 aromatic heterocycles. The molecule has 0 aliphatic heterocycles. The third-order valence-corrected chi connectivity index (χ3v) is 1.76. The van der Waals surface area contributed by atoms with Crippen molar-refractivity contribution in [3.8, 4) is 0 Å². The van der Waals surface area contributed by atoms with E-state index in [1.807, 2.05) is 0 Å². The molecule has 0 unspecified atom stereocenters. The van der Waals surface area contributed by atoms with E-state index in [0.29, 0.717) is 0 Å². The fourth-order valence-corrected chi connectivity index (χ4v) is 0.873. The van der Waals surface area contributed by atoms with Crippen LogP contribution in [0.4, 0.5) is 5.82 Å². The van der Waals surface area contributed by atoms with Gasteiger partial charge in [0.1, 0.15) is 5.82 Å². The van der Waals surface area contributed by atoms with Gasteiger partial charge in [-0.3, -0.25) is 10.3 Å². The maximum Gasteiger partial charge on any atom is 0.351 e. The van der Waals surface area contributed by atoms with E-state index in [1.165, 1.54) is 19.2 Å². The second-order valence-corrected chi connectivity index (χ2v) is 2.96. The highest BCUT2D eigenvalue weighted by Gasteiger charge is 2.31. The van der Waals surface area contributed by atoms with Crippen LogP contribution >= 0.6 is 0 Å². The number of carbonyl (C=O) groups is 1. The average molecular weight is 198 g/mol. The standard InChI is InChI=1S/C7H10N4O3/c1-7(9,5(12)13)11-3-2-4(8)10-6(11)14/h2-3H,9H2,1H3,(H,12,13)(H2,8,10,14)/t7-/m1/s1. The zero-order chi connectivity index (χ0) is 10.9. The van der Waals surface area contributed by atoms with E-state index >= 15 is 0 Å². The molecular weight excluding hydrogens is 188 g/mol. The summed E-state index contributed by atoms with van der Waals surface area (Å²) in [5.41, 5.74) is 8.03.